The van der Waals surface area contributed by atoms with E-state index < -0.39 is 0 Å². The molecule has 0 unspecified atom stereocenters. The lowest BCUT2D eigenvalue weighted by atomic mass is 10.3. The number of H-pyrrole nitrogens is 1. The second-order valence-electron chi connectivity index (χ2n) is 3.02. The van der Waals surface area contributed by atoms with Crippen molar-refractivity contribution in [1.82, 2.24) is 19.9 Å². The first kappa shape index (κ1) is 9.92. The number of hydrogen-bond donors (Lipinski definition) is 1. The molecule has 0 fully saturated rings. The minimum Gasteiger partial charge on any atom is -0.341 e. The lowest BCUT2D eigenvalue weighted by molar-refractivity contribution is 0.978. The Morgan fingerprint density at radius 2 is 2.07 bits per heavy atom. The zero-order valence-electron chi connectivity index (χ0n) is 8.27. The van der Waals surface area contributed by atoms with Crippen LogP contribution in [0.5, 0.6) is 0 Å². The highest BCUT2D eigenvalue weighted by Gasteiger charge is 2.03. The molecule has 0 aromatic carbocycles. The summed E-state index contributed by atoms with van der Waals surface area (Å²) in [5.41, 5.74) is 1.04. The molecule has 0 saturated carbocycles. The van der Waals surface area contributed by atoms with Gasteiger partial charge in [0.05, 0.1) is 0 Å². The first-order valence-electron chi connectivity index (χ1n) is 4.67. The third-order valence-corrected chi connectivity index (χ3v) is 2.17. The summed E-state index contributed by atoms with van der Waals surface area (Å²) < 4.78 is 0.563. The first-order valence-corrected chi connectivity index (χ1v) is 5.08. The van der Waals surface area contributed by atoms with Gasteiger partial charge in [-0.25, -0.2) is 15.0 Å². The Morgan fingerprint density at radius 1 is 1.33 bits per heavy atom. The number of hydrogen-bond acceptors (Lipinski definition) is 4. The van der Waals surface area contributed by atoms with Crippen LogP contribution in [0.4, 0.5) is 0 Å². The molecule has 0 saturated heterocycles. The van der Waals surface area contributed by atoms with Crippen LogP contribution in [-0.2, 0) is 6.42 Å². The molecule has 0 bridgehead atoms. The molecule has 0 amide bonds. The van der Waals surface area contributed by atoms with E-state index in [9.17, 15) is 0 Å². The van der Waals surface area contributed by atoms with Crippen molar-refractivity contribution in [3.63, 3.8) is 0 Å². The van der Waals surface area contributed by atoms with Gasteiger partial charge in [0.1, 0.15) is 4.64 Å². The SMILES string of the molecule is CCc1cc(=S)nc(-c2ncccn2)[nH]1. The summed E-state index contributed by atoms with van der Waals surface area (Å²) in [7, 11) is 0. The Balaban J connectivity index is 2.54. The van der Waals surface area contributed by atoms with E-state index >= 15 is 0 Å². The predicted molar refractivity (Wildman–Crippen MR) is 59.8 cm³/mol. The Labute approximate surface area is 92.5 Å². The standard InChI is InChI=1S/C10H10N4S/c1-2-7-6-8(15)14-10(13-7)9-11-4-3-5-12-9/h3-6H,2H2,1H3,(H,13,14,15). The van der Waals surface area contributed by atoms with E-state index in [1.165, 1.54) is 0 Å². The Hall–Kier alpha value is -1.62. The van der Waals surface area contributed by atoms with E-state index in [2.05, 4.69) is 26.9 Å². The van der Waals surface area contributed by atoms with E-state index in [1.54, 1.807) is 18.5 Å². The number of nitrogens with zero attached hydrogens (tertiary/aromatic N) is 3. The van der Waals surface area contributed by atoms with Gasteiger partial charge in [0.25, 0.3) is 0 Å². The first-order chi connectivity index (χ1) is 7.29. The van der Waals surface area contributed by atoms with Crippen LogP contribution in [0.15, 0.2) is 24.5 Å². The van der Waals surface area contributed by atoms with Crippen molar-refractivity contribution in [2.75, 3.05) is 0 Å². The summed E-state index contributed by atoms with van der Waals surface area (Å²) in [5.74, 6) is 1.19. The van der Waals surface area contributed by atoms with Crippen LogP contribution in [0, 0.1) is 4.64 Å². The second kappa shape index (κ2) is 4.27. The number of aryl methyl sites for hydroxylation is 1. The zero-order chi connectivity index (χ0) is 10.7. The van der Waals surface area contributed by atoms with Crippen LogP contribution >= 0.6 is 12.2 Å². The van der Waals surface area contributed by atoms with Gasteiger partial charge in [0.15, 0.2) is 11.6 Å². The lowest BCUT2D eigenvalue weighted by Gasteiger charge is -2.01. The minimum atomic E-state index is 0.563. The largest absolute Gasteiger partial charge is 0.341 e. The summed E-state index contributed by atoms with van der Waals surface area (Å²) in [5, 5.41) is 0. The molecule has 0 aliphatic rings. The number of nitrogens with one attached hydrogen (secondary N) is 1. The van der Waals surface area contributed by atoms with Crippen LogP contribution < -0.4 is 0 Å². The van der Waals surface area contributed by atoms with Crippen LogP contribution in [0.1, 0.15) is 12.6 Å². The average molecular weight is 218 g/mol. The summed E-state index contributed by atoms with van der Waals surface area (Å²) >= 11 is 5.07. The van der Waals surface area contributed by atoms with Gasteiger partial charge in [-0.3, -0.25) is 0 Å². The normalized spacial score (nSPS) is 10.2. The molecular formula is C10H10N4S. The fourth-order valence-corrected chi connectivity index (χ4v) is 1.46. The molecule has 2 aromatic rings. The van der Waals surface area contributed by atoms with Crippen LogP contribution in [0.3, 0.4) is 0 Å². The van der Waals surface area contributed by atoms with Crippen molar-refractivity contribution in [2.24, 2.45) is 0 Å². The van der Waals surface area contributed by atoms with Gasteiger partial charge in [-0.05, 0) is 18.6 Å². The third kappa shape index (κ3) is 2.24. The predicted octanol–water partition coefficient (Wildman–Crippen LogP) is 2.16. The molecule has 0 radical (unpaired) electrons. The van der Waals surface area contributed by atoms with Crippen molar-refractivity contribution in [2.45, 2.75) is 13.3 Å². The molecule has 1 N–H and O–H groups in total. The quantitative estimate of drug-likeness (QED) is 0.785. The molecule has 5 heteroatoms. The molecule has 2 heterocycles. The van der Waals surface area contributed by atoms with E-state index in [0.29, 0.717) is 16.3 Å². The summed E-state index contributed by atoms with van der Waals surface area (Å²) in [4.78, 5) is 15.6. The Morgan fingerprint density at radius 3 is 2.73 bits per heavy atom. The maximum absolute atomic E-state index is 5.07. The maximum atomic E-state index is 5.07. The van der Waals surface area contributed by atoms with Gasteiger partial charge in [0.2, 0.25) is 0 Å². The fraction of sp³-hybridized carbons (Fsp3) is 0.200. The Kier molecular flexibility index (Phi) is 2.82. The van der Waals surface area contributed by atoms with Gasteiger partial charge >= 0.3 is 0 Å². The molecule has 2 rings (SSSR count). The van der Waals surface area contributed by atoms with E-state index in [4.69, 9.17) is 12.2 Å². The van der Waals surface area contributed by atoms with Crippen LogP contribution in [-0.4, -0.2) is 19.9 Å². The molecule has 15 heavy (non-hydrogen) atoms. The molecule has 2 aromatic heterocycles. The van der Waals surface area contributed by atoms with Crippen molar-refractivity contribution < 1.29 is 0 Å². The lowest BCUT2D eigenvalue weighted by Crippen LogP contribution is -1.97. The topological polar surface area (TPSA) is 54.5 Å². The van der Waals surface area contributed by atoms with E-state index in [0.717, 1.165) is 12.1 Å². The molecule has 0 spiro atoms. The van der Waals surface area contributed by atoms with Crippen LogP contribution in [0.25, 0.3) is 11.6 Å². The van der Waals surface area contributed by atoms with Gasteiger partial charge in [-0.2, -0.15) is 0 Å². The van der Waals surface area contributed by atoms with Gasteiger partial charge < -0.3 is 4.98 Å². The molecule has 0 aliphatic carbocycles. The third-order valence-electron chi connectivity index (χ3n) is 1.96. The zero-order valence-corrected chi connectivity index (χ0v) is 9.08. The fourth-order valence-electron chi connectivity index (χ4n) is 1.23. The smallest absolute Gasteiger partial charge is 0.195 e. The number of aromatic nitrogens is 4. The van der Waals surface area contributed by atoms with Gasteiger partial charge in [0, 0.05) is 18.1 Å². The van der Waals surface area contributed by atoms with Crippen LogP contribution in [0.2, 0.25) is 0 Å². The number of rotatable bonds is 2. The van der Waals surface area contributed by atoms with Crippen molar-refractivity contribution in [3.05, 3.63) is 34.9 Å². The van der Waals surface area contributed by atoms with Gasteiger partial charge in [-0.1, -0.05) is 19.1 Å². The van der Waals surface area contributed by atoms with Crippen molar-refractivity contribution >= 4 is 12.2 Å². The molecular weight excluding hydrogens is 208 g/mol. The van der Waals surface area contributed by atoms with Gasteiger partial charge in [-0.15, -0.1) is 0 Å². The van der Waals surface area contributed by atoms with E-state index in [-0.39, 0.29) is 0 Å². The minimum absolute atomic E-state index is 0.563. The molecule has 0 aliphatic heterocycles. The highest BCUT2D eigenvalue weighted by Crippen LogP contribution is 2.08. The number of aromatic amines is 1. The highest BCUT2D eigenvalue weighted by molar-refractivity contribution is 7.71. The second-order valence-corrected chi connectivity index (χ2v) is 3.44. The highest BCUT2D eigenvalue weighted by atomic mass is 32.1. The summed E-state index contributed by atoms with van der Waals surface area (Å²) in [6.07, 6.45) is 4.24. The van der Waals surface area contributed by atoms with Crippen molar-refractivity contribution in [1.29, 1.82) is 0 Å². The average Bonchev–Trinajstić information content (AvgIpc) is 2.29. The Bertz CT molecular complexity index is 506. The summed E-state index contributed by atoms with van der Waals surface area (Å²) in [6, 6.07) is 3.61. The monoisotopic (exact) mass is 218 g/mol. The van der Waals surface area contributed by atoms with Crippen molar-refractivity contribution in [3.8, 4) is 11.6 Å². The molecule has 76 valence electrons. The van der Waals surface area contributed by atoms with E-state index in [1.807, 2.05) is 6.07 Å². The summed E-state index contributed by atoms with van der Waals surface area (Å²) in [6.45, 7) is 2.05. The molecule has 0 atom stereocenters. The molecule has 4 nitrogen and oxygen atoms in total. The maximum Gasteiger partial charge on any atom is 0.195 e.